The number of methoxy groups -OCH3 is 1. The fourth-order valence-corrected chi connectivity index (χ4v) is 5.09. The second-order valence-corrected chi connectivity index (χ2v) is 9.48. The van der Waals surface area contributed by atoms with E-state index in [0.29, 0.717) is 42.1 Å². The Hall–Kier alpha value is -3.75. The SMILES string of the molecule is COc1ccc([C@H]2CNC(=O)[C@@H](Cc3nc4cccc(OCC(N)=O)c4o3)C2)cc1OC1CCCC1. The van der Waals surface area contributed by atoms with Crippen molar-refractivity contribution in [2.45, 2.75) is 50.5 Å². The van der Waals surface area contributed by atoms with Gasteiger partial charge in [-0.05, 0) is 61.9 Å². The average Bonchev–Trinajstić information content (AvgIpc) is 3.53. The number of hydrogen-bond acceptors (Lipinski definition) is 7. The van der Waals surface area contributed by atoms with Gasteiger partial charge in [0, 0.05) is 24.8 Å². The van der Waals surface area contributed by atoms with E-state index >= 15 is 0 Å². The molecule has 1 aromatic heterocycles. The number of carbonyl (C=O) groups excluding carboxylic acids is 2. The van der Waals surface area contributed by atoms with Crippen molar-refractivity contribution >= 4 is 22.9 Å². The van der Waals surface area contributed by atoms with Crippen LogP contribution in [-0.4, -0.2) is 43.2 Å². The molecule has 1 aliphatic heterocycles. The molecule has 2 heterocycles. The Morgan fingerprint density at radius 1 is 1.17 bits per heavy atom. The Morgan fingerprint density at radius 3 is 2.78 bits per heavy atom. The monoisotopic (exact) mass is 493 g/mol. The van der Waals surface area contributed by atoms with Crippen molar-refractivity contribution in [2.24, 2.45) is 11.7 Å². The van der Waals surface area contributed by atoms with E-state index < -0.39 is 5.91 Å². The Morgan fingerprint density at radius 2 is 2.00 bits per heavy atom. The fraction of sp³-hybridized carbons (Fsp3) is 0.444. The van der Waals surface area contributed by atoms with Gasteiger partial charge in [0.15, 0.2) is 35.3 Å². The molecule has 9 heteroatoms. The van der Waals surface area contributed by atoms with Crippen LogP contribution in [0.15, 0.2) is 40.8 Å². The molecule has 2 aromatic carbocycles. The topological polar surface area (TPSA) is 126 Å². The van der Waals surface area contributed by atoms with Crippen LogP contribution < -0.4 is 25.3 Å². The van der Waals surface area contributed by atoms with E-state index in [9.17, 15) is 9.59 Å². The Bertz CT molecular complexity index is 1250. The maximum atomic E-state index is 12.7. The van der Waals surface area contributed by atoms with Crippen molar-refractivity contribution in [1.29, 1.82) is 0 Å². The maximum Gasteiger partial charge on any atom is 0.255 e. The molecule has 2 aliphatic rings. The number of ether oxygens (including phenoxy) is 3. The highest BCUT2D eigenvalue weighted by Crippen LogP contribution is 2.37. The minimum absolute atomic E-state index is 0.0188. The summed E-state index contributed by atoms with van der Waals surface area (Å²) in [5.41, 5.74) is 7.33. The number of aromatic nitrogens is 1. The predicted molar refractivity (Wildman–Crippen MR) is 132 cm³/mol. The number of nitrogens with zero attached hydrogens (tertiary/aromatic N) is 1. The molecule has 9 nitrogen and oxygen atoms in total. The van der Waals surface area contributed by atoms with Gasteiger partial charge in [-0.3, -0.25) is 9.59 Å². The molecule has 1 saturated heterocycles. The molecule has 0 spiro atoms. The molecule has 1 aliphatic carbocycles. The van der Waals surface area contributed by atoms with Gasteiger partial charge in [0.1, 0.15) is 5.52 Å². The number of amides is 2. The third kappa shape index (κ3) is 5.24. The molecule has 5 rings (SSSR count). The second kappa shape index (κ2) is 10.5. The van der Waals surface area contributed by atoms with Crippen molar-refractivity contribution in [2.75, 3.05) is 20.3 Å². The molecule has 2 amide bonds. The zero-order valence-corrected chi connectivity index (χ0v) is 20.3. The summed E-state index contributed by atoms with van der Waals surface area (Å²) in [5.74, 6) is 1.56. The zero-order valence-electron chi connectivity index (χ0n) is 20.3. The summed E-state index contributed by atoms with van der Waals surface area (Å²) in [5, 5.41) is 3.04. The van der Waals surface area contributed by atoms with Crippen LogP contribution in [0.2, 0.25) is 0 Å². The summed E-state index contributed by atoms with van der Waals surface area (Å²) >= 11 is 0. The molecule has 3 N–H and O–H groups in total. The Balaban J connectivity index is 1.32. The van der Waals surface area contributed by atoms with Crippen LogP contribution in [0.25, 0.3) is 11.1 Å². The number of piperidine rings is 1. The van der Waals surface area contributed by atoms with Gasteiger partial charge in [0.2, 0.25) is 5.91 Å². The largest absolute Gasteiger partial charge is 0.493 e. The van der Waals surface area contributed by atoms with Crippen molar-refractivity contribution in [3.63, 3.8) is 0 Å². The second-order valence-electron chi connectivity index (χ2n) is 9.48. The highest BCUT2D eigenvalue weighted by atomic mass is 16.5. The number of rotatable bonds is 9. The lowest BCUT2D eigenvalue weighted by molar-refractivity contribution is -0.127. The fourth-order valence-electron chi connectivity index (χ4n) is 5.09. The summed E-state index contributed by atoms with van der Waals surface area (Å²) < 4.78 is 23.2. The van der Waals surface area contributed by atoms with E-state index in [1.807, 2.05) is 12.1 Å². The molecule has 36 heavy (non-hydrogen) atoms. The normalized spacial score (nSPS) is 20.3. The number of nitrogens with one attached hydrogen (secondary N) is 1. The quantitative estimate of drug-likeness (QED) is 0.467. The summed E-state index contributed by atoms with van der Waals surface area (Å²) in [7, 11) is 1.65. The molecule has 0 bridgehead atoms. The van der Waals surface area contributed by atoms with Crippen molar-refractivity contribution in [3.8, 4) is 17.2 Å². The number of primary amides is 1. The van der Waals surface area contributed by atoms with E-state index in [1.165, 1.54) is 12.8 Å². The van der Waals surface area contributed by atoms with Gasteiger partial charge in [-0.2, -0.15) is 0 Å². The summed E-state index contributed by atoms with van der Waals surface area (Å²) in [4.78, 5) is 28.4. The van der Waals surface area contributed by atoms with Gasteiger partial charge in [0.05, 0.1) is 13.2 Å². The van der Waals surface area contributed by atoms with E-state index in [1.54, 1.807) is 25.3 Å². The van der Waals surface area contributed by atoms with Gasteiger partial charge in [0.25, 0.3) is 5.91 Å². The predicted octanol–water partition coefficient (Wildman–Crippen LogP) is 3.48. The van der Waals surface area contributed by atoms with Gasteiger partial charge in [-0.25, -0.2) is 4.98 Å². The first-order valence-electron chi connectivity index (χ1n) is 12.4. The number of carbonyl (C=O) groups is 2. The number of nitrogens with two attached hydrogens (primary N) is 1. The summed E-state index contributed by atoms with van der Waals surface area (Å²) in [6, 6.07) is 11.3. The minimum atomic E-state index is -0.577. The van der Waals surface area contributed by atoms with Crippen LogP contribution >= 0.6 is 0 Å². The van der Waals surface area contributed by atoms with Crippen molar-refractivity contribution < 1.29 is 28.2 Å². The molecule has 190 valence electrons. The smallest absolute Gasteiger partial charge is 0.255 e. The molecule has 2 atom stereocenters. The standard InChI is InChI=1S/C27H31N3O6/c1-33-21-10-9-16(12-23(21)35-19-5-2-3-6-19)18-11-17(27(32)29-14-18)13-25-30-20-7-4-8-22(26(20)36-25)34-15-24(28)31/h4,7-10,12,17-19H,2-3,5-6,11,13-15H2,1H3,(H2,28,31)(H,29,32)/t17-,18-/m1/s1. The maximum absolute atomic E-state index is 12.7. The molecule has 3 aromatic rings. The first-order valence-corrected chi connectivity index (χ1v) is 12.4. The van der Waals surface area contributed by atoms with Gasteiger partial charge in [-0.1, -0.05) is 12.1 Å². The van der Waals surface area contributed by atoms with Crippen LogP contribution in [0.4, 0.5) is 0 Å². The number of para-hydroxylation sites is 1. The highest BCUT2D eigenvalue weighted by Gasteiger charge is 2.32. The molecule has 1 saturated carbocycles. The number of fused-ring (bicyclic) bond motifs is 1. The number of oxazole rings is 1. The van der Waals surface area contributed by atoms with E-state index in [-0.39, 0.29) is 30.5 Å². The zero-order chi connectivity index (χ0) is 25.1. The third-order valence-corrected chi connectivity index (χ3v) is 6.93. The lowest BCUT2D eigenvalue weighted by atomic mass is 9.83. The van der Waals surface area contributed by atoms with E-state index in [0.717, 1.165) is 29.9 Å². The molecular formula is C27H31N3O6. The first kappa shape index (κ1) is 24.0. The van der Waals surface area contributed by atoms with Crippen molar-refractivity contribution in [1.82, 2.24) is 10.3 Å². The lowest BCUT2D eigenvalue weighted by Crippen LogP contribution is -2.41. The van der Waals surface area contributed by atoms with E-state index in [2.05, 4.69) is 16.4 Å². The van der Waals surface area contributed by atoms with E-state index in [4.69, 9.17) is 24.4 Å². The average molecular weight is 494 g/mol. The van der Waals surface area contributed by atoms with Crippen LogP contribution in [0.5, 0.6) is 17.2 Å². The molecule has 0 radical (unpaired) electrons. The van der Waals surface area contributed by atoms with Crippen LogP contribution in [0, 0.1) is 5.92 Å². The Kier molecular flexibility index (Phi) is 6.97. The number of benzene rings is 2. The third-order valence-electron chi connectivity index (χ3n) is 6.93. The number of hydrogen-bond donors (Lipinski definition) is 2. The lowest BCUT2D eigenvalue weighted by Gasteiger charge is -2.29. The van der Waals surface area contributed by atoms with Gasteiger partial charge >= 0.3 is 0 Å². The first-order chi connectivity index (χ1) is 17.5. The minimum Gasteiger partial charge on any atom is -0.493 e. The highest BCUT2D eigenvalue weighted by molar-refractivity contribution is 5.82. The van der Waals surface area contributed by atoms with Gasteiger partial charge in [-0.15, -0.1) is 0 Å². The van der Waals surface area contributed by atoms with Crippen LogP contribution in [-0.2, 0) is 16.0 Å². The summed E-state index contributed by atoms with van der Waals surface area (Å²) in [6.07, 6.45) is 5.75. The molecular weight excluding hydrogens is 462 g/mol. The Labute approximate surface area is 209 Å². The van der Waals surface area contributed by atoms with Gasteiger partial charge < -0.3 is 29.7 Å². The molecule has 2 fully saturated rings. The van der Waals surface area contributed by atoms with Crippen molar-refractivity contribution in [3.05, 3.63) is 47.9 Å². The molecule has 0 unspecified atom stereocenters. The van der Waals surface area contributed by atoms with Crippen LogP contribution in [0.3, 0.4) is 0 Å². The van der Waals surface area contributed by atoms with Crippen LogP contribution in [0.1, 0.15) is 49.5 Å². The summed E-state index contributed by atoms with van der Waals surface area (Å²) in [6.45, 7) is 0.305.